The van der Waals surface area contributed by atoms with Gasteiger partial charge in [-0.3, -0.25) is 4.79 Å². The molecule has 0 bridgehead atoms. The number of nitrogens with two attached hydrogens (primary N) is 1. The highest BCUT2D eigenvalue weighted by atomic mass is 16.7. The lowest BCUT2D eigenvalue weighted by atomic mass is 9.89. The van der Waals surface area contributed by atoms with Crippen molar-refractivity contribution >= 4 is 17.3 Å². The number of carboxylic acids is 1. The lowest BCUT2D eigenvalue weighted by Crippen LogP contribution is -2.31. The van der Waals surface area contributed by atoms with E-state index < -0.39 is 17.4 Å². The maximum atomic E-state index is 14.1. The molecule has 0 aliphatic carbocycles. The summed E-state index contributed by atoms with van der Waals surface area (Å²) in [7, 11) is 4.52. The van der Waals surface area contributed by atoms with E-state index in [1.807, 2.05) is 13.8 Å². The SMILES string of the molecule is COc1ccc(C(=O)C(Cc2cc(OC)c(OC)c(OC(C)(C)CCN)c2)=C(C(=O)O)c2ccc3c(c2)OCO3)cc1. The lowest BCUT2D eigenvalue weighted by Gasteiger charge is -2.28. The number of ketones is 1. The van der Waals surface area contributed by atoms with Crippen LogP contribution in [0, 0.1) is 0 Å². The molecule has 10 nitrogen and oxygen atoms in total. The second-order valence-electron chi connectivity index (χ2n) is 10.2. The quantitative estimate of drug-likeness (QED) is 0.213. The molecule has 3 N–H and O–H groups in total. The smallest absolute Gasteiger partial charge is 0.336 e. The van der Waals surface area contributed by atoms with Crippen LogP contribution in [0.2, 0.25) is 0 Å². The van der Waals surface area contributed by atoms with Crippen LogP contribution in [0.15, 0.2) is 60.2 Å². The first-order chi connectivity index (χ1) is 20.1. The molecule has 0 radical (unpaired) electrons. The second-order valence-corrected chi connectivity index (χ2v) is 10.2. The van der Waals surface area contributed by atoms with Gasteiger partial charge in [0.05, 0.1) is 26.9 Å². The summed E-state index contributed by atoms with van der Waals surface area (Å²) in [6, 6.07) is 14.7. The van der Waals surface area contributed by atoms with Crippen molar-refractivity contribution in [2.24, 2.45) is 5.73 Å². The van der Waals surface area contributed by atoms with Gasteiger partial charge in [-0.15, -0.1) is 0 Å². The van der Waals surface area contributed by atoms with Crippen molar-refractivity contribution in [3.63, 3.8) is 0 Å². The van der Waals surface area contributed by atoms with Crippen LogP contribution in [-0.2, 0) is 11.2 Å². The lowest BCUT2D eigenvalue weighted by molar-refractivity contribution is -0.130. The second kappa shape index (κ2) is 12.9. The largest absolute Gasteiger partial charge is 0.497 e. The number of allylic oxidation sites excluding steroid dienone is 1. The maximum absolute atomic E-state index is 14.1. The van der Waals surface area contributed by atoms with Crippen molar-refractivity contribution < 1.29 is 43.1 Å². The van der Waals surface area contributed by atoms with Gasteiger partial charge in [-0.1, -0.05) is 6.07 Å². The Hall–Kier alpha value is -4.70. The van der Waals surface area contributed by atoms with Crippen molar-refractivity contribution in [2.45, 2.75) is 32.3 Å². The Morgan fingerprint density at radius 2 is 1.55 bits per heavy atom. The van der Waals surface area contributed by atoms with Crippen molar-refractivity contribution in [3.8, 4) is 34.5 Å². The van der Waals surface area contributed by atoms with E-state index in [2.05, 4.69) is 0 Å². The third-order valence-corrected chi connectivity index (χ3v) is 6.82. The Balaban J connectivity index is 1.90. The van der Waals surface area contributed by atoms with Crippen LogP contribution in [0.1, 0.15) is 41.8 Å². The van der Waals surface area contributed by atoms with Crippen molar-refractivity contribution in [2.75, 3.05) is 34.7 Å². The summed E-state index contributed by atoms with van der Waals surface area (Å²) in [5, 5.41) is 10.5. The van der Waals surface area contributed by atoms with Gasteiger partial charge in [-0.05, 0) is 86.5 Å². The normalized spacial score (nSPS) is 12.8. The zero-order chi connectivity index (χ0) is 30.4. The minimum absolute atomic E-state index is 0.0253. The fourth-order valence-electron chi connectivity index (χ4n) is 4.74. The monoisotopic (exact) mass is 577 g/mol. The molecular formula is C32H35NO9. The molecule has 0 fully saturated rings. The molecule has 0 saturated heterocycles. The van der Waals surface area contributed by atoms with Crippen molar-refractivity contribution in [3.05, 3.63) is 76.9 Å². The van der Waals surface area contributed by atoms with Crippen LogP contribution < -0.4 is 34.2 Å². The van der Waals surface area contributed by atoms with Crippen LogP contribution in [0.5, 0.6) is 34.5 Å². The highest BCUT2D eigenvalue weighted by molar-refractivity contribution is 6.26. The fourth-order valence-corrected chi connectivity index (χ4v) is 4.74. The Labute approximate surface area is 244 Å². The van der Waals surface area contributed by atoms with E-state index in [1.54, 1.807) is 54.6 Å². The minimum Gasteiger partial charge on any atom is -0.497 e. The molecule has 0 saturated carbocycles. The number of fused-ring (bicyclic) bond motifs is 1. The number of carboxylic acid groups (broad SMARTS) is 1. The average molecular weight is 578 g/mol. The topological polar surface area (TPSA) is 136 Å². The number of benzene rings is 3. The standard InChI is InChI=1S/C32H35NO9/c1-32(2,12-13-33)42-27-16-19(15-26(38-4)30(27)39-5)14-23(29(34)20-6-9-22(37-3)10-7-20)28(31(35)36)21-8-11-24-25(17-21)41-18-40-24/h6-11,15-17H,12-14,18,33H2,1-5H3,(H,35,36). The van der Waals surface area contributed by atoms with E-state index in [-0.39, 0.29) is 24.4 Å². The molecule has 0 aromatic heterocycles. The molecule has 4 rings (SSSR count). The number of carbonyl (C=O) groups is 2. The van der Waals surface area contributed by atoms with Gasteiger partial charge in [-0.2, -0.15) is 0 Å². The summed E-state index contributed by atoms with van der Waals surface area (Å²) in [6.07, 6.45) is 0.506. The summed E-state index contributed by atoms with van der Waals surface area (Å²) in [6.45, 7) is 4.24. The Morgan fingerprint density at radius 1 is 0.881 bits per heavy atom. The Bertz CT molecular complexity index is 1490. The number of methoxy groups -OCH3 is 3. The van der Waals surface area contributed by atoms with Crippen LogP contribution in [0.3, 0.4) is 0 Å². The van der Waals surface area contributed by atoms with Crippen LogP contribution >= 0.6 is 0 Å². The van der Waals surface area contributed by atoms with E-state index in [4.69, 9.17) is 34.2 Å². The molecule has 10 heteroatoms. The molecule has 0 unspecified atom stereocenters. The average Bonchev–Trinajstić information content (AvgIpc) is 3.44. The van der Waals surface area contributed by atoms with Gasteiger partial charge in [0.2, 0.25) is 12.5 Å². The van der Waals surface area contributed by atoms with Gasteiger partial charge in [0.25, 0.3) is 0 Å². The summed E-state index contributed by atoms with van der Waals surface area (Å²) < 4.78 is 33.6. The molecule has 3 aromatic rings. The number of Topliss-reactive ketones (excluding diaryl/α,β-unsaturated/α-hetero) is 1. The third-order valence-electron chi connectivity index (χ3n) is 6.82. The molecule has 0 amide bonds. The molecule has 222 valence electrons. The number of carbonyl (C=O) groups excluding carboxylic acids is 1. The summed E-state index contributed by atoms with van der Waals surface area (Å²) in [5.41, 5.74) is 6.19. The van der Waals surface area contributed by atoms with Gasteiger partial charge < -0.3 is 39.3 Å². The zero-order valence-electron chi connectivity index (χ0n) is 24.3. The first kappa shape index (κ1) is 30.3. The van der Waals surface area contributed by atoms with Gasteiger partial charge in [0.15, 0.2) is 28.8 Å². The fraction of sp³-hybridized carbons (Fsp3) is 0.312. The Morgan fingerprint density at radius 3 is 2.17 bits per heavy atom. The third kappa shape index (κ3) is 6.60. The summed E-state index contributed by atoms with van der Waals surface area (Å²) in [5.74, 6) is 0.826. The Kier molecular flexibility index (Phi) is 9.27. The van der Waals surface area contributed by atoms with Gasteiger partial charge >= 0.3 is 5.97 Å². The molecule has 0 atom stereocenters. The van der Waals surface area contributed by atoms with E-state index in [9.17, 15) is 14.7 Å². The summed E-state index contributed by atoms with van der Waals surface area (Å²) in [4.78, 5) is 26.9. The number of hydrogen-bond acceptors (Lipinski definition) is 9. The molecule has 1 aliphatic rings. The van der Waals surface area contributed by atoms with Gasteiger partial charge in [0, 0.05) is 17.6 Å². The van der Waals surface area contributed by atoms with Crippen molar-refractivity contribution in [1.82, 2.24) is 0 Å². The highest BCUT2D eigenvalue weighted by Gasteiger charge is 2.28. The molecule has 1 aliphatic heterocycles. The number of rotatable bonds is 13. The molecular weight excluding hydrogens is 542 g/mol. The van der Waals surface area contributed by atoms with E-state index >= 15 is 0 Å². The number of hydrogen-bond donors (Lipinski definition) is 2. The summed E-state index contributed by atoms with van der Waals surface area (Å²) >= 11 is 0. The van der Waals surface area contributed by atoms with Crippen LogP contribution in [-0.4, -0.2) is 57.1 Å². The van der Waals surface area contributed by atoms with E-state index in [1.165, 1.54) is 21.3 Å². The van der Waals surface area contributed by atoms with Crippen molar-refractivity contribution in [1.29, 1.82) is 0 Å². The molecule has 3 aromatic carbocycles. The van der Waals surface area contributed by atoms with Gasteiger partial charge in [-0.25, -0.2) is 4.79 Å². The predicted molar refractivity (Wildman–Crippen MR) is 156 cm³/mol. The first-order valence-electron chi connectivity index (χ1n) is 13.3. The van der Waals surface area contributed by atoms with E-state index in [0.29, 0.717) is 64.2 Å². The van der Waals surface area contributed by atoms with E-state index in [0.717, 1.165) is 0 Å². The number of ether oxygens (including phenoxy) is 6. The molecule has 42 heavy (non-hydrogen) atoms. The first-order valence-corrected chi connectivity index (χ1v) is 13.3. The van der Waals surface area contributed by atoms with Gasteiger partial charge in [0.1, 0.15) is 11.4 Å². The minimum atomic E-state index is -1.27. The highest BCUT2D eigenvalue weighted by Crippen LogP contribution is 2.42. The molecule has 0 spiro atoms. The number of aliphatic carboxylic acids is 1. The predicted octanol–water partition coefficient (Wildman–Crippen LogP) is 4.91. The maximum Gasteiger partial charge on any atom is 0.336 e. The zero-order valence-corrected chi connectivity index (χ0v) is 24.3. The van der Waals surface area contributed by atoms with Crippen LogP contribution in [0.25, 0.3) is 5.57 Å². The molecule has 1 heterocycles. The van der Waals surface area contributed by atoms with Crippen LogP contribution in [0.4, 0.5) is 0 Å².